The maximum atomic E-state index is 14.5. The van der Waals surface area contributed by atoms with Crippen LogP contribution in [0.2, 0.25) is 0 Å². The molecule has 0 bridgehead atoms. The van der Waals surface area contributed by atoms with Gasteiger partial charge in [0.25, 0.3) is 10.0 Å². The Morgan fingerprint density at radius 3 is 2.09 bits per heavy atom. The molecule has 0 aliphatic heterocycles. The van der Waals surface area contributed by atoms with E-state index in [1.807, 2.05) is 81.6 Å². The zero-order valence-electron chi connectivity index (χ0n) is 26.7. The Labute approximate surface area is 276 Å². The molecule has 2 amide bonds. The Balaban J connectivity index is 1.79. The molecule has 1 atom stereocenters. The van der Waals surface area contributed by atoms with E-state index in [0.717, 1.165) is 25.9 Å². The third kappa shape index (κ3) is 8.92. The van der Waals surface area contributed by atoms with Crippen molar-refractivity contribution < 1.29 is 22.7 Å². The number of carbonyl (C=O) groups is 2. The van der Waals surface area contributed by atoms with Crippen LogP contribution >= 0.6 is 11.8 Å². The molecular weight excluding hydrogens is 619 g/mol. The molecule has 0 aliphatic carbocycles. The quantitative estimate of drug-likeness (QED) is 0.155. The summed E-state index contributed by atoms with van der Waals surface area (Å²) in [6.07, 6.45) is 2.17. The second kappa shape index (κ2) is 16.3. The predicted octanol–water partition coefficient (Wildman–Crippen LogP) is 6.09. The average molecular weight is 660 g/mol. The highest BCUT2D eigenvalue weighted by Crippen LogP contribution is 2.28. The molecule has 0 saturated heterocycles. The van der Waals surface area contributed by atoms with Gasteiger partial charge in [0.15, 0.2) is 0 Å². The second-order valence-corrected chi connectivity index (χ2v) is 13.5. The first-order valence-corrected chi connectivity index (χ1v) is 17.9. The van der Waals surface area contributed by atoms with Crippen molar-refractivity contribution in [3.05, 3.63) is 120 Å². The maximum Gasteiger partial charge on any atom is 0.264 e. The fourth-order valence-corrected chi connectivity index (χ4v) is 6.84. The lowest BCUT2D eigenvalue weighted by molar-refractivity contribution is -0.140. The molecular formula is C36H41N3O5S2. The Hall–Kier alpha value is -4.28. The first-order chi connectivity index (χ1) is 22.2. The summed E-state index contributed by atoms with van der Waals surface area (Å²) < 4.78 is 35.2. The number of likely N-dealkylation sites (N-methyl/N-ethyl adjacent to an activating group) is 1. The molecule has 242 valence electrons. The van der Waals surface area contributed by atoms with Crippen molar-refractivity contribution in [1.29, 1.82) is 0 Å². The van der Waals surface area contributed by atoms with Crippen molar-refractivity contribution in [2.45, 2.75) is 49.6 Å². The van der Waals surface area contributed by atoms with Crippen LogP contribution in [-0.4, -0.2) is 57.1 Å². The summed E-state index contributed by atoms with van der Waals surface area (Å²) in [6.45, 7) is 6.11. The molecule has 0 spiro atoms. The highest BCUT2D eigenvalue weighted by atomic mass is 32.2. The molecule has 1 N–H and O–H groups in total. The van der Waals surface area contributed by atoms with E-state index >= 15 is 0 Å². The minimum atomic E-state index is -4.19. The van der Waals surface area contributed by atoms with Crippen molar-refractivity contribution >= 4 is 39.3 Å². The van der Waals surface area contributed by atoms with E-state index in [-0.39, 0.29) is 23.8 Å². The molecule has 0 heterocycles. The highest BCUT2D eigenvalue weighted by molar-refractivity contribution is 7.98. The van der Waals surface area contributed by atoms with Crippen LogP contribution < -0.4 is 14.4 Å². The van der Waals surface area contributed by atoms with Crippen LogP contribution in [-0.2, 0) is 32.6 Å². The van der Waals surface area contributed by atoms with Gasteiger partial charge in [0.2, 0.25) is 11.8 Å². The van der Waals surface area contributed by atoms with E-state index < -0.39 is 28.5 Å². The summed E-state index contributed by atoms with van der Waals surface area (Å²) in [6, 6.07) is 29.5. The van der Waals surface area contributed by atoms with E-state index in [1.54, 1.807) is 48.5 Å². The van der Waals surface area contributed by atoms with Crippen molar-refractivity contribution in [1.82, 2.24) is 10.2 Å². The number of aryl methyl sites for hydroxylation is 1. The number of hydrogen-bond donors (Lipinski definition) is 1. The molecule has 8 nitrogen and oxygen atoms in total. The lowest BCUT2D eigenvalue weighted by Gasteiger charge is -2.34. The Morgan fingerprint density at radius 1 is 0.848 bits per heavy atom. The highest BCUT2D eigenvalue weighted by Gasteiger charge is 2.34. The molecule has 0 fully saturated rings. The standard InChI is InChI=1S/C36H41N3O5S2/c1-5-37-36(41)34(24-28-10-8-7-9-11-28)38(25-29-14-12-27(3)13-15-29)35(40)26-39(30-16-18-31(19-17-30)44-6-2)46(42,43)33-22-20-32(45-4)21-23-33/h7-23,34H,5-6,24-26H2,1-4H3,(H,37,41). The molecule has 4 rings (SSSR count). The summed E-state index contributed by atoms with van der Waals surface area (Å²) in [5.74, 6) is -0.236. The molecule has 4 aromatic carbocycles. The normalized spacial score (nSPS) is 11.8. The van der Waals surface area contributed by atoms with Gasteiger partial charge in [0.05, 0.1) is 17.2 Å². The van der Waals surface area contributed by atoms with Gasteiger partial charge >= 0.3 is 0 Å². The number of thioether (sulfide) groups is 1. The van der Waals surface area contributed by atoms with Gasteiger partial charge in [-0.3, -0.25) is 13.9 Å². The van der Waals surface area contributed by atoms with E-state index in [2.05, 4.69) is 5.32 Å². The third-order valence-corrected chi connectivity index (χ3v) is 9.99. The number of rotatable bonds is 15. The lowest BCUT2D eigenvalue weighted by Crippen LogP contribution is -2.53. The molecule has 0 aliphatic rings. The number of benzene rings is 4. The molecule has 0 saturated carbocycles. The van der Waals surface area contributed by atoms with Crippen molar-refractivity contribution in [2.24, 2.45) is 0 Å². The predicted molar refractivity (Wildman–Crippen MR) is 185 cm³/mol. The zero-order valence-corrected chi connectivity index (χ0v) is 28.3. The minimum absolute atomic E-state index is 0.0571. The first-order valence-electron chi connectivity index (χ1n) is 15.2. The molecule has 46 heavy (non-hydrogen) atoms. The van der Waals surface area contributed by atoms with Gasteiger partial charge in [0, 0.05) is 24.4 Å². The SMILES string of the molecule is CCNC(=O)C(Cc1ccccc1)N(Cc1ccc(C)cc1)C(=O)CN(c1ccc(OCC)cc1)S(=O)(=O)c1ccc(SC)cc1. The summed E-state index contributed by atoms with van der Waals surface area (Å²) in [5.41, 5.74) is 3.07. The van der Waals surface area contributed by atoms with Gasteiger partial charge in [-0.1, -0.05) is 60.2 Å². The summed E-state index contributed by atoms with van der Waals surface area (Å²) in [5, 5.41) is 2.89. The Morgan fingerprint density at radius 2 is 1.50 bits per heavy atom. The van der Waals surface area contributed by atoms with Crippen LogP contribution in [0.15, 0.2) is 113 Å². The van der Waals surface area contributed by atoms with Crippen LogP contribution in [0.25, 0.3) is 0 Å². The lowest BCUT2D eigenvalue weighted by atomic mass is 10.0. The fraction of sp³-hybridized carbons (Fsp3) is 0.278. The average Bonchev–Trinajstić information content (AvgIpc) is 3.07. The smallest absolute Gasteiger partial charge is 0.264 e. The molecule has 4 aromatic rings. The van der Waals surface area contributed by atoms with Crippen LogP contribution in [0.5, 0.6) is 5.75 Å². The van der Waals surface area contributed by atoms with Crippen LogP contribution in [0.1, 0.15) is 30.5 Å². The van der Waals surface area contributed by atoms with E-state index in [0.29, 0.717) is 24.6 Å². The van der Waals surface area contributed by atoms with E-state index in [4.69, 9.17) is 4.74 Å². The number of hydrogen-bond acceptors (Lipinski definition) is 6. The second-order valence-electron chi connectivity index (χ2n) is 10.7. The molecule has 0 aromatic heterocycles. The van der Waals surface area contributed by atoms with Crippen molar-refractivity contribution in [3.63, 3.8) is 0 Å². The zero-order chi connectivity index (χ0) is 33.1. The van der Waals surface area contributed by atoms with E-state index in [1.165, 1.54) is 16.7 Å². The fourth-order valence-electron chi connectivity index (χ4n) is 5.02. The van der Waals surface area contributed by atoms with Gasteiger partial charge in [-0.25, -0.2) is 8.42 Å². The third-order valence-electron chi connectivity index (χ3n) is 7.46. The summed E-state index contributed by atoms with van der Waals surface area (Å²) in [4.78, 5) is 30.6. The van der Waals surface area contributed by atoms with Gasteiger partial charge in [-0.05, 0) is 86.7 Å². The molecule has 1 unspecified atom stereocenters. The van der Waals surface area contributed by atoms with Crippen LogP contribution in [0.4, 0.5) is 5.69 Å². The Kier molecular flexibility index (Phi) is 12.3. The van der Waals surface area contributed by atoms with Crippen molar-refractivity contribution in [2.75, 3.05) is 30.3 Å². The number of nitrogens with one attached hydrogen (secondary N) is 1. The minimum Gasteiger partial charge on any atom is -0.494 e. The number of anilines is 1. The first kappa shape index (κ1) is 34.6. The van der Waals surface area contributed by atoms with Gasteiger partial charge in [-0.15, -0.1) is 11.8 Å². The number of amides is 2. The number of sulfonamides is 1. The topological polar surface area (TPSA) is 96.0 Å². The van der Waals surface area contributed by atoms with Crippen LogP contribution in [0.3, 0.4) is 0 Å². The van der Waals surface area contributed by atoms with Gasteiger partial charge in [-0.2, -0.15) is 0 Å². The maximum absolute atomic E-state index is 14.5. The number of carbonyl (C=O) groups excluding carboxylic acids is 2. The largest absolute Gasteiger partial charge is 0.494 e. The Bertz CT molecular complexity index is 1680. The van der Waals surface area contributed by atoms with Crippen LogP contribution in [0, 0.1) is 6.92 Å². The van der Waals surface area contributed by atoms with Gasteiger partial charge in [0.1, 0.15) is 18.3 Å². The summed E-state index contributed by atoms with van der Waals surface area (Å²) in [7, 11) is -4.19. The monoisotopic (exact) mass is 659 g/mol. The summed E-state index contributed by atoms with van der Waals surface area (Å²) >= 11 is 1.50. The van der Waals surface area contributed by atoms with E-state index in [9.17, 15) is 18.0 Å². The van der Waals surface area contributed by atoms with Crippen molar-refractivity contribution in [3.8, 4) is 5.75 Å². The molecule has 0 radical (unpaired) electrons. The molecule has 10 heteroatoms. The number of ether oxygens (including phenoxy) is 1. The van der Waals surface area contributed by atoms with Gasteiger partial charge < -0.3 is 15.0 Å². The number of nitrogens with zero attached hydrogens (tertiary/aromatic N) is 2.